The Morgan fingerprint density at radius 2 is 2.00 bits per heavy atom. The van der Waals surface area contributed by atoms with Gasteiger partial charge in [0.1, 0.15) is 11.5 Å². The molecule has 1 aromatic carbocycles. The molecule has 0 spiro atoms. The summed E-state index contributed by atoms with van der Waals surface area (Å²) in [5.41, 5.74) is 1.78. The zero-order valence-electron chi connectivity index (χ0n) is 10.8. The van der Waals surface area contributed by atoms with Crippen LogP contribution in [0.3, 0.4) is 0 Å². The zero-order valence-corrected chi connectivity index (χ0v) is 12.3. The van der Waals surface area contributed by atoms with E-state index in [1.807, 2.05) is 13.0 Å². The fraction of sp³-hybridized carbons (Fsp3) is 0.286. The number of hydrogen-bond donors (Lipinski definition) is 1. The molecule has 0 amide bonds. The maximum atomic E-state index is 6.28. The van der Waals surface area contributed by atoms with Crippen LogP contribution in [0.25, 0.3) is 11.1 Å². The first-order valence-electron chi connectivity index (χ1n) is 5.97. The molecular weight excluding hydrogens is 285 g/mol. The first-order valence-corrected chi connectivity index (χ1v) is 6.73. The van der Waals surface area contributed by atoms with Crippen molar-refractivity contribution in [3.05, 3.63) is 40.3 Å². The van der Waals surface area contributed by atoms with E-state index in [1.54, 1.807) is 25.5 Å². The predicted molar refractivity (Wildman–Crippen MR) is 78.1 cm³/mol. The summed E-state index contributed by atoms with van der Waals surface area (Å²) in [6, 6.07) is 5.39. The molecule has 0 unspecified atom stereocenters. The highest BCUT2D eigenvalue weighted by molar-refractivity contribution is 6.36. The Kier molecular flexibility index (Phi) is 4.75. The number of rotatable bonds is 5. The Balaban J connectivity index is 2.42. The second-order valence-corrected chi connectivity index (χ2v) is 4.82. The zero-order chi connectivity index (χ0) is 13.8. The van der Waals surface area contributed by atoms with Crippen LogP contribution in [0.5, 0.6) is 5.75 Å². The van der Waals surface area contributed by atoms with Gasteiger partial charge in [-0.05, 0) is 18.7 Å². The van der Waals surface area contributed by atoms with Gasteiger partial charge in [-0.3, -0.25) is 0 Å². The van der Waals surface area contributed by atoms with Gasteiger partial charge < -0.3 is 14.5 Å². The average molecular weight is 300 g/mol. The molecule has 0 atom stereocenters. The number of ether oxygens (including phenoxy) is 1. The van der Waals surface area contributed by atoms with E-state index >= 15 is 0 Å². The molecule has 0 aliphatic carbocycles. The summed E-state index contributed by atoms with van der Waals surface area (Å²) in [7, 11) is 1.56. The fourth-order valence-electron chi connectivity index (χ4n) is 1.85. The van der Waals surface area contributed by atoms with Crippen molar-refractivity contribution in [2.75, 3.05) is 13.7 Å². The number of hydrogen-bond acceptors (Lipinski definition) is 3. The summed E-state index contributed by atoms with van der Waals surface area (Å²) >= 11 is 12.4. The maximum absolute atomic E-state index is 6.28. The number of methoxy groups -OCH3 is 1. The highest BCUT2D eigenvalue weighted by Crippen LogP contribution is 2.38. The second kappa shape index (κ2) is 6.33. The lowest BCUT2D eigenvalue weighted by Gasteiger charge is -2.09. The van der Waals surface area contributed by atoms with E-state index in [4.69, 9.17) is 32.4 Å². The van der Waals surface area contributed by atoms with E-state index < -0.39 is 0 Å². The molecular formula is C14H15Cl2NO2. The van der Waals surface area contributed by atoms with Gasteiger partial charge in [-0.2, -0.15) is 0 Å². The summed E-state index contributed by atoms with van der Waals surface area (Å²) in [5.74, 6) is 1.40. The van der Waals surface area contributed by atoms with Crippen molar-refractivity contribution >= 4 is 23.2 Å². The van der Waals surface area contributed by atoms with Crippen LogP contribution in [-0.4, -0.2) is 13.7 Å². The minimum atomic E-state index is 0.525. The van der Waals surface area contributed by atoms with Gasteiger partial charge >= 0.3 is 0 Å². The van der Waals surface area contributed by atoms with E-state index in [0.717, 1.165) is 23.4 Å². The SMILES string of the molecule is CCNCc1occc1-c1cc(Cl)c(OC)cc1Cl. The summed E-state index contributed by atoms with van der Waals surface area (Å²) in [6.07, 6.45) is 1.65. The van der Waals surface area contributed by atoms with Crippen molar-refractivity contribution in [3.63, 3.8) is 0 Å². The molecule has 5 heteroatoms. The molecule has 1 N–H and O–H groups in total. The molecule has 3 nitrogen and oxygen atoms in total. The Morgan fingerprint density at radius 3 is 2.68 bits per heavy atom. The van der Waals surface area contributed by atoms with Crippen molar-refractivity contribution < 1.29 is 9.15 Å². The number of furan rings is 1. The van der Waals surface area contributed by atoms with Crippen LogP contribution < -0.4 is 10.1 Å². The first kappa shape index (κ1) is 14.3. The van der Waals surface area contributed by atoms with Gasteiger partial charge in [-0.1, -0.05) is 30.1 Å². The molecule has 0 bridgehead atoms. The van der Waals surface area contributed by atoms with Gasteiger partial charge in [-0.15, -0.1) is 0 Å². The minimum Gasteiger partial charge on any atom is -0.495 e. The smallest absolute Gasteiger partial charge is 0.138 e. The Labute approximate surface area is 122 Å². The van der Waals surface area contributed by atoms with Crippen molar-refractivity contribution in [1.82, 2.24) is 5.32 Å². The lowest BCUT2D eigenvalue weighted by molar-refractivity contribution is 0.415. The largest absolute Gasteiger partial charge is 0.495 e. The standard InChI is InChI=1S/C14H15Cl2NO2/c1-3-17-8-14-9(4-5-19-14)10-6-12(16)13(18-2)7-11(10)15/h4-7,17H,3,8H2,1-2H3. The van der Waals surface area contributed by atoms with E-state index in [0.29, 0.717) is 22.3 Å². The third-order valence-electron chi connectivity index (χ3n) is 2.81. The van der Waals surface area contributed by atoms with E-state index in [1.165, 1.54) is 0 Å². The van der Waals surface area contributed by atoms with Gasteiger partial charge in [0.15, 0.2) is 0 Å². The number of nitrogens with one attached hydrogen (secondary N) is 1. The van der Waals surface area contributed by atoms with Gasteiger partial charge in [0.05, 0.1) is 30.0 Å². The third-order valence-corrected chi connectivity index (χ3v) is 3.42. The van der Waals surface area contributed by atoms with Gasteiger partial charge in [0, 0.05) is 17.2 Å². The normalized spacial score (nSPS) is 10.7. The quantitative estimate of drug-likeness (QED) is 0.890. The molecule has 102 valence electrons. The average Bonchev–Trinajstić information content (AvgIpc) is 2.86. The molecule has 19 heavy (non-hydrogen) atoms. The van der Waals surface area contributed by atoms with Crippen LogP contribution in [0.1, 0.15) is 12.7 Å². The Morgan fingerprint density at radius 1 is 1.21 bits per heavy atom. The fourth-order valence-corrected chi connectivity index (χ4v) is 2.34. The van der Waals surface area contributed by atoms with E-state index in [2.05, 4.69) is 5.32 Å². The Bertz CT molecular complexity index is 567. The molecule has 0 radical (unpaired) electrons. The van der Waals surface area contributed by atoms with Crippen LogP contribution >= 0.6 is 23.2 Å². The van der Waals surface area contributed by atoms with Crippen LogP contribution in [0.15, 0.2) is 28.9 Å². The van der Waals surface area contributed by atoms with Crippen LogP contribution in [-0.2, 0) is 6.54 Å². The topological polar surface area (TPSA) is 34.4 Å². The van der Waals surface area contributed by atoms with Gasteiger partial charge in [0.25, 0.3) is 0 Å². The summed E-state index contributed by atoms with van der Waals surface area (Å²) in [4.78, 5) is 0. The molecule has 2 rings (SSSR count). The van der Waals surface area contributed by atoms with Crippen molar-refractivity contribution in [3.8, 4) is 16.9 Å². The van der Waals surface area contributed by atoms with Crippen molar-refractivity contribution in [2.24, 2.45) is 0 Å². The highest BCUT2D eigenvalue weighted by Gasteiger charge is 2.14. The monoisotopic (exact) mass is 299 g/mol. The van der Waals surface area contributed by atoms with Crippen molar-refractivity contribution in [2.45, 2.75) is 13.5 Å². The van der Waals surface area contributed by atoms with Crippen molar-refractivity contribution in [1.29, 1.82) is 0 Å². The van der Waals surface area contributed by atoms with E-state index in [-0.39, 0.29) is 0 Å². The summed E-state index contributed by atoms with van der Waals surface area (Å²) in [5, 5.41) is 4.33. The predicted octanol–water partition coefficient (Wildman–Crippen LogP) is 4.37. The number of benzene rings is 1. The molecule has 2 aromatic rings. The highest BCUT2D eigenvalue weighted by atomic mass is 35.5. The van der Waals surface area contributed by atoms with Gasteiger partial charge in [0.2, 0.25) is 0 Å². The molecule has 0 fully saturated rings. The molecule has 1 heterocycles. The van der Waals surface area contributed by atoms with Crippen LogP contribution in [0.4, 0.5) is 0 Å². The molecule has 1 aromatic heterocycles. The van der Waals surface area contributed by atoms with Crippen LogP contribution in [0, 0.1) is 0 Å². The molecule has 0 aliphatic rings. The number of halogens is 2. The van der Waals surface area contributed by atoms with E-state index in [9.17, 15) is 0 Å². The third kappa shape index (κ3) is 3.06. The van der Waals surface area contributed by atoms with Gasteiger partial charge in [-0.25, -0.2) is 0 Å². The second-order valence-electron chi connectivity index (χ2n) is 4.00. The minimum absolute atomic E-state index is 0.525. The Hall–Kier alpha value is -1.16. The molecule has 0 saturated heterocycles. The maximum Gasteiger partial charge on any atom is 0.138 e. The summed E-state index contributed by atoms with van der Waals surface area (Å²) < 4.78 is 10.6. The summed E-state index contributed by atoms with van der Waals surface area (Å²) in [6.45, 7) is 3.57. The first-order chi connectivity index (χ1) is 9.17. The molecule has 0 saturated carbocycles. The van der Waals surface area contributed by atoms with Crippen LogP contribution in [0.2, 0.25) is 10.0 Å². The molecule has 0 aliphatic heterocycles. The lowest BCUT2D eigenvalue weighted by atomic mass is 10.1. The lowest BCUT2D eigenvalue weighted by Crippen LogP contribution is -2.11.